The van der Waals surface area contributed by atoms with E-state index in [-0.39, 0.29) is 30.6 Å². The third kappa shape index (κ3) is 17.6. The number of aliphatic hydroxyl groups excluding tert-OH is 1. The van der Waals surface area contributed by atoms with E-state index in [9.17, 15) is 19.5 Å². The highest BCUT2D eigenvalue weighted by atomic mass is 16.5. The summed E-state index contributed by atoms with van der Waals surface area (Å²) in [5.41, 5.74) is 17.1. The molecule has 91 heavy (non-hydrogen) atoms. The number of carboxylic acid groups (broad SMARTS) is 1. The van der Waals surface area contributed by atoms with E-state index in [0.717, 1.165) is 70.6 Å². The van der Waals surface area contributed by atoms with Gasteiger partial charge in [-0.1, -0.05) is 56.2 Å². The Morgan fingerprint density at radius 3 is 1.78 bits per heavy atom. The fraction of sp³-hybridized carbons (Fsp3) is 0.221. The number of nitrogen functional groups attached to an aromatic ring is 1. The van der Waals surface area contributed by atoms with Gasteiger partial charge in [0.2, 0.25) is 0 Å². The molecule has 0 atom stereocenters. The van der Waals surface area contributed by atoms with Crippen molar-refractivity contribution in [2.75, 3.05) is 94.2 Å². The van der Waals surface area contributed by atoms with Gasteiger partial charge in [0.15, 0.2) is 41.0 Å². The zero-order valence-electron chi connectivity index (χ0n) is 51.7. The van der Waals surface area contributed by atoms with Crippen LogP contribution in [0.4, 0.5) is 45.9 Å². The van der Waals surface area contributed by atoms with Crippen molar-refractivity contribution in [2.24, 2.45) is 0 Å². The minimum atomic E-state index is -0.979. The van der Waals surface area contributed by atoms with E-state index in [1.54, 1.807) is 63.0 Å². The number of hydrogen-bond acceptors (Lipinski definition) is 17. The predicted octanol–water partition coefficient (Wildman–Crippen LogP) is 10.8. The third-order valence-electron chi connectivity index (χ3n) is 14.2. The van der Waals surface area contributed by atoms with E-state index in [4.69, 9.17) is 30.5 Å². The molecule has 0 saturated heterocycles. The molecule has 2 amide bonds. The first kappa shape index (κ1) is 64.3. The molecule has 0 radical (unpaired) electrons. The number of ether oxygens (including phenoxy) is 1. The Morgan fingerprint density at radius 2 is 1.21 bits per heavy atom. The molecular formula is C68H75N17O6. The van der Waals surface area contributed by atoms with E-state index in [1.807, 2.05) is 136 Å². The number of carboxylic acids is 1. The van der Waals surface area contributed by atoms with Crippen LogP contribution in [0, 0.1) is 0 Å². The Balaban J connectivity index is 0.000000162. The van der Waals surface area contributed by atoms with Gasteiger partial charge in [0, 0.05) is 147 Å². The number of carbonyl (C=O) groups excluding carboxylic acids is 2. The van der Waals surface area contributed by atoms with Crippen LogP contribution in [-0.4, -0.2) is 148 Å². The normalized spacial score (nSPS) is 11.0. The van der Waals surface area contributed by atoms with Gasteiger partial charge < -0.3 is 69.9 Å². The van der Waals surface area contributed by atoms with Crippen molar-refractivity contribution < 1.29 is 29.3 Å². The number of hydrogen-bond donors (Lipinski definition) is 7. The number of aromatic carboxylic acids is 1. The van der Waals surface area contributed by atoms with Gasteiger partial charge in [0.25, 0.3) is 11.8 Å². The molecule has 0 unspecified atom stereocenters. The topological polar surface area (TPSA) is 275 Å². The van der Waals surface area contributed by atoms with E-state index >= 15 is 0 Å². The number of nitrogens with one attached hydrogen (secondary N) is 4. The molecule has 8 N–H and O–H groups in total. The highest BCUT2D eigenvalue weighted by Gasteiger charge is 2.15. The average Bonchev–Trinajstić information content (AvgIpc) is 2.00. The zero-order valence-corrected chi connectivity index (χ0v) is 51.7. The minimum absolute atomic E-state index is 0.0237. The molecule has 23 heteroatoms. The van der Waals surface area contributed by atoms with E-state index < -0.39 is 5.97 Å². The van der Waals surface area contributed by atoms with Gasteiger partial charge >= 0.3 is 5.97 Å². The lowest BCUT2D eigenvalue weighted by Gasteiger charge is -2.22. The predicted molar refractivity (Wildman–Crippen MR) is 359 cm³/mol. The molecule has 23 nitrogen and oxygen atoms in total. The lowest BCUT2D eigenvalue weighted by Crippen LogP contribution is -2.31. The van der Waals surface area contributed by atoms with Crippen molar-refractivity contribution in [1.29, 1.82) is 0 Å². The Morgan fingerprint density at radius 1 is 0.637 bits per heavy atom. The van der Waals surface area contributed by atoms with Gasteiger partial charge in [-0.05, 0) is 118 Å². The van der Waals surface area contributed by atoms with Gasteiger partial charge in [0.05, 0.1) is 29.3 Å². The molecule has 11 rings (SSSR count). The van der Waals surface area contributed by atoms with Crippen LogP contribution >= 0.6 is 0 Å². The molecule has 11 aromatic rings. The highest BCUT2D eigenvalue weighted by molar-refractivity contribution is 5.94. The van der Waals surface area contributed by atoms with E-state index in [0.29, 0.717) is 64.4 Å². The Bertz CT molecular complexity index is 4240. The maximum atomic E-state index is 12.3. The SMILES string of the molecule is CCCC/C=C/c1cn2ccnc2c(Nc2ccc(N(CC)CCO)cc2)n1.CN(C)C(=O)COc1cccc(Nc2nc(-c3cccc(N)c3)cn3ccnc23)c1.CN(C)CCNC(=O)c1ccc(-c2cn3ccnc3c(Nc3ccc(C(=O)O)cc3)n2)cc1. The molecule has 0 fully saturated rings. The van der Waals surface area contributed by atoms with Crippen molar-refractivity contribution in [3.8, 4) is 28.3 Å². The number of imidazole rings is 3. The number of fused-ring (bicyclic) bond motifs is 3. The van der Waals surface area contributed by atoms with Gasteiger partial charge in [0.1, 0.15) is 5.75 Å². The first-order chi connectivity index (χ1) is 44.1. The summed E-state index contributed by atoms with van der Waals surface area (Å²) in [6.45, 7) is 7.24. The standard InChI is InChI=1S/C24H24N6O3.C22H22N6O2.C22H29N5O/c1-29(2)13-11-26-23(31)17-5-3-16(4-6-17)20-15-30-14-12-25-22(30)21(28-20)27-19-9-7-18(8-10-19)24(32)33;1-27(2)20(29)14-30-18-8-4-7-17(12-18)25-21-22-24-9-10-28(22)13-19(26-21)15-5-3-6-16(23)11-15;1-3-5-6-7-8-19-17-27-14-13-23-22(27)21(25-19)24-18-9-11-20(12-10-18)26(4-2)15-16-28/h3-10,12,14-15H,11,13H2,1-2H3,(H,26,31)(H,27,28)(H,32,33);3-13H,14,23H2,1-2H3,(H,25,26);7-14,17,28H,3-6,15-16H2,1-2H3,(H,24,25)/b;;8-7+. The number of aliphatic hydroxyl groups is 1. The van der Waals surface area contributed by atoms with Crippen molar-refractivity contribution in [1.82, 2.24) is 58.2 Å². The number of allylic oxidation sites excluding steroid dienone is 1. The number of nitrogens with zero attached hydrogens (tertiary/aromatic N) is 12. The number of amides is 2. The van der Waals surface area contributed by atoms with Crippen LogP contribution in [0.15, 0.2) is 183 Å². The third-order valence-corrected chi connectivity index (χ3v) is 14.2. The largest absolute Gasteiger partial charge is 0.484 e. The van der Waals surface area contributed by atoms with Crippen LogP contribution in [0.3, 0.4) is 0 Å². The lowest BCUT2D eigenvalue weighted by molar-refractivity contribution is -0.130. The molecule has 0 aliphatic rings. The lowest BCUT2D eigenvalue weighted by atomic mass is 10.1. The molecule has 5 aromatic carbocycles. The maximum Gasteiger partial charge on any atom is 0.335 e. The number of anilines is 8. The van der Waals surface area contributed by atoms with Crippen LogP contribution < -0.4 is 36.6 Å². The second-order valence-corrected chi connectivity index (χ2v) is 21.5. The number of aromatic nitrogens is 9. The number of benzene rings is 5. The fourth-order valence-electron chi connectivity index (χ4n) is 9.33. The van der Waals surface area contributed by atoms with Crippen LogP contribution in [-0.2, 0) is 4.79 Å². The molecule has 0 bridgehead atoms. The molecule has 468 valence electrons. The number of nitrogens with two attached hydrogens (primary N) is 1. The number of likely N-dealkylation sites (N-methyl/N-ethyl adjacent to an activating group) is 3. The fourth-order valence-corrected chi connectivity index (χ4v) is 9.33. The first-order valence-corrected chi connectivity index (χ1v) is 29.7. The molecule has 0 spiro atoms. The Kier molecular flexibility index (Phi) is 22.0. The van der Waals surface area contributed by atoms with Gasteiger partial charge in [-0.3, -0.25) is 9.59 Å². The number of rotatable bonds is 24. The molecule has 0 aliphatic heterocycles. The zero-order chi connectivity index (χ0) is 64.2. The van der Waals surface area contributed by atoms with Gasteiger partial charge in [-0.15, -0.1) is 0 Å². The van der Waals surface area contributed by atoms with Gasteiger partial charge in [-0.25, -0.2) is 34.7 Å². The van der Waals surface area contributed by atoms with Crippen LogP contribution in [0.2, 0.25) is 0 Å². The Hall–Kier alpha value is -11.2. The summed E-state index contributed by atoms with van der Waals surface area (Å²) in [5.74, 6) is 1.25. The maximum absolute atomic E-state index is 12.3. The summed E-state index contributed by atoms with van der Waals surface area (Å²) in [5, 5.41) is 31.1. The van der Waals surface area contributed by atoms with Crippen molar-refractivity contribution in [2.45, 2.75) is 33.1 Å². The molecule has 6 heterocycles. The van der Waals surface area contributed by atoms with Crippen molar-refractivity contribution in [3.63, 3.8) is 0 Å². The number of unbranched alkanes of at least 4 members (excludes halogenated alkanes) is 2. The molecule has 0 saturated carbocycles. The Labute approximate surface area is 527 Å². The van der Waals surface area contributed by atoms with Gasteiger partial charge in [-0.2, -0.15) is 0 Å². The summed E-state index contributed by atoms with van der Waals surface area (Å²) in [6.07, 6.45) is 24.3. The van der Waals surface area contributed by atoms with Crippen LogP contribution in [0.25, 0.3) is 45.5 Å². The summed E-state index contributed by atoms with van der Waals surface area (Å²) in [6, 6.07) is 36.8. The first-order valence-electron chi connectivity index (χ1n) is 29.7. The summed E-state index contributed by atoms with van der Waals surface area (Å²) in [7, 11) is 7.30. The molecule has 0 aliphatic carbocycles. The molecule has 6 aromatic heterocycles. The van der Waals surface area contributed by atoms with Crippen LogP contribution in [0.5, 0.6) is 5.75 Å². The average molecular weight is 1230 g/mol. The quantitative estimate of drug-likeness (QED) is 0.0219. The minimum Gasteiger partial charge on any atom is -0.484 e. The monoisotopic (exact) mass is 1230 g/mol. The molecular weight excluding hydrogens is 1150 g/mol. The smallest absolute Gasteiger partial charge is 0.335 e. The number of carbonyl (C=O) groups is 3. The van der Waals surface area contributed by atoms with E-state index in [2.05, 4.69) is 79.3 Å². The summed E-state index contributed by atoms with van der Waals surface area (Å²) in [4.78, 5) is 68.2. The highest BCUT2D eigenvalue weighted by Crippen LogP contribution is 2.29. The van der Waals surface area contributed by atoms with Crippen LogP contribution in [0.1, 0.15) is 59.5 Å². The second-order valence-electron chi connectivity index (χ2n) is 21.5. The summed E-state index contributed by atoms with van der Waals surface area (Å²) < 4.78 is 11.4. The van der Waals surface area contributed by atoms with Crippen molar-refractivity contribution >= 4 is 86.7 Å². The second kappa shape index (κ2) is 31.1. The van der Waals surface area contributed by atoms with E-state index in [1.165, 1.54) is 29.9 Å². The van der Waals surface area contributed by atoms with Crippen molar-refractivity contribution in [3.05, 3.63) is 200 Å². The summed E-state index contributed by atoms with van der Waals surface area (Å²) >= 11 is 0.